The van der Waals surface area contributed by atoms with Gasteiger partial charge in [0, 0.05) is 13.8 Å². The van der Waals surface area contributed by atoms with Crippen LogP contribution in [0.15, 0.2) is 32.5 Å². The fraction of sp³-hybridized carbons (Fsp3) is 0.286. The zero-order valence-corrected chi connectivity index (χ0v) is 14.9. The maximum absolute atomic E-state index is 6.65. The molecule has 96 valence electrons. The van der Waals surface area contributed by atoms with E-state index in [0.29, 0.717) is 0 Å². The second kappa shape index (κ2) is 6.08. The number of hydrogen-bond acceptors (Lipinski definition) is 1. The zero-order valence-electron chi connectivity index (χ0n) is 10.1. The van der Waals surface area contributed by atoms with E-state index in [1.54, 1.807) is 11.3 Å². The largest absolute Gasteiger partial charge is 0.147 e. The van der Waals surface area contributed by atoms with E-state index in [9.17, 15) is 0 Å². The lowest BCUT2D eigenvalue weighted by Gasteiger charge is -2.14. The minimum absolute atomic E-state index is 0.0915. The first kappa shape index (κ1) is 14.6. The Morgan fingerprint density at radius 2 is 2.00 bits per heavy atom. The molecule has 2 aromatic rings. The third-order valence-electron chi connectivity index (χ3n) is 2.94. The number of aryl methyl sites for hydroxylation is 2. The quantitative estimate of drug-likeness (QED) is 0.511. The summed E-state index contributed by atoms with van der Waals surface area (Å²) in [5, 5.41) is 2.02. The predicted molar refractivity (Wildman–Crippen MR) is 88.0 cm³/mol. The van der Waals surface area contributed by atoms with Crippen molar-refractivity contribution in [1.82, 2.24) is 0 Å². The van der Waals surface area contributed by atoms with Crippen molar-refractivity contribution in [2.24, 2.45) is 0 Å². The van der Waals surface area contributed by atoms with Gasteiger partial charge < -0.3 is 0 Å². The van der Waals surface area contributed by atoms with Crippen LogP contribution >= 0.6 is 54.8 Å². The van der Waals surface area contributed by atoms with Gasteiger partial charge >= 0.3 is 0 Å². The molecule has 2 rings (SSSR count). The molecule has 0 saturated heterocycles. The lowest BCUT2D eigenvalue weighted by Crippen LogP contribution is -1.96. The van der Waals surface area contributed by atoms with E-state index in [0.717, 1.165) is 20.9 Å². The fourth-order valence-corrected chi connectivity index (χ4v) is 4.50. The Balaban J connectivity index is 2.46. The minimum Gasteiger partial charge on any atom is -0.147 e. The second-order valence-electron chi connectivity index (χ2n) is 4.15. The zero-order chi connectivity index (χ0) is 13.3. The number of rotatable bonds is 3. The number of hydrogen-bond donors (Lipinski definition) is 0. The molecule has 0 aliphatic heterocycles. The molecule has 0 amide bonds. The molecule has 18 heavy (non-hydrogen) atoms. The Hall–Kier alpha value is 0.170. The van der Waals surface area contributed by atoms with Gasteiger partial charge in [-0.05, 0) is 53.6 Å². The molecule has 0 fully saturated rings. The highest BCUT2D eigenvalue weighted by Crippen LogP contribution is 2.40. The van der Waals surface area contributed by atoms with Gasteiger partial charge in [0.2, 0.25) is 0 Å². The molecule has 0 saturated carbocycles. The average Bonchev–Trinajstić information content (AvgIpc) is 2.81. The highest BCUT2D eigenvalue weighted by Gasteiger charge is 2.19. The molecule has 4 heteroatoms. The van der Waals surface area contributed by atoms with E-state index in [4.69, 9.17) is 11.6 Å². The van der Waals surface area contributed by atoms with Crippen molar-refractivity contribution in [2.75, 3.05) is 0 Å². The normalized spacial score (nSPS) is 12.7. The minimum atomic E-state index is -0.0915. The molecule has 1 aromatic heterocycles. The molecular formula is C14H13Br2ClS. The maximum Gasteiger partial charge on any atom is 0.0941 e. The van der Waals surface area contributed by atoms with Crippen LogP contribution in [-0.2, 0) is 6.42 Å². The van der Waals surface area contributed by atoms with Crippen molar-refractivity contribution in [2.45, 2.75) is 25.6 Å². The molecule has 0 N–H and O–H groups in total. The van der Waals surface area contributed by atoms with Crippen LogP contribution in [0.2, 0.25) is 0 Å². The molecule has 1 unspecified atom stereocenters. The van der Waals surface area contributed by atoms with Crippen LogP contribution in [0.25, 0.3) is 0 Å². The Labute approximate surface area is 134 Å². The molecule has 0 aliphatic rings. The van der Waals surface area contributed by atoms with Gasteiger partial charge in [-0.15, -0.1) is 22.9 Å². The fourth-order valence-electron chi connectivity index (χ4n) is 1.86. The van der Waals surface area contributed by atoms with Crippen LogP contribution in [0.5, 0.6) is 0 Å². The third-order valence-corrected chi connectivity index (χ3v) is 6.09. The number of halogens is 3. The highest BCUT2D eigenvalue weighted by molar-refractivity contribution is 9.11. The predicted octanol–water partition coefficient (Wildman–Crippen LogP) is 6.47. The Kier molecular flexibility index (Phi) is 4.92. The molecule has 0 bridgehead atoms. The van der Waals surface area contributed by atoms with E-state index in [1.165, 1.54) is 16.0 Å². The van der Waals surface area contributed by atoms with Crippen LogP contribution in [0.1, 0.15) is 33.9 Å². The molecular weight excluding hydrogens is 395 g/mol. The van der Waals surface area contributed by atoms with Crippen LogP contribution < -0.4 is 0 Å². The van der Waals surface area contributed by atoms with Gasteiger partial charge in [-0.25, -0.2) is 0 Å². The van der Waals surface area contributed by atoms with Crippen LogP contribution in [0, 0.1) is 6.92 Å². The first-order valence-corrected chi connectivity index (χ1v) is 8.60. The summed E-state index contributed by atoms with van der Waals surface area (Å²) in [5.41, 5.74) is 3.66. The standard InChI is InChI=1S/C14H13Br2ClS/c1-3-9-4-5-18-14(9)13(17)10-7-11(15)8(2)6-12(10)16/h4-7,13H,3H2,1-2H3. The monoisotopic (exact) mass is 406 g/mol. The highest BCUT2D eigenvalue weighted by atomic mass is 79.9. The number of benzene rings is 1. The molecule has 1 heterocycles. The Bertz CT molecular complexity index is 563. The van der Waals surface area contributed by atoms with Crippen molar-refractivity contribution >= 4 is 54.8 Å². The Morgan fingerprint density at radius 3 is 2.67 bits per heavy atom. The smallest absolute Gasteiger partial charge is 0.0941 e. The van der Waals surface area contributed by atoms with Crippen molar-refractivity contribution < 1.29 is 0 Å². The van der Waals surface area contributed by atoms with E-state index >= 15 is 0 Å². The topological polar surface area (TPSA) is 0 Å². The summed E-state index contributed by atoms with van der Waals surface area (Å²) in [7, 11) is 0. The van der Waals surface area contributed by atoms with Crippen LogP contribution in [-0.4, -0.2) is 0 Å². The van der Waals surface area contributed by atoms with E-state index in [2.05, 4.69) is 69.3 Å². The van der Waals surface area contributed by atoms with Gasteiger partial charge in [0.25, 0.3) is 0 Å². The summed E-state index contributed by atoms with van der Waals surface area (Å²) < 4.78 is 2.17. The molecule has 0 spiro atoms. The molecule has 0 nitrogen and oxygen atoms in total. The van der Waals surface area contributed by atoms with Crippen LogP contribution in [0.3, 0.4) is 0 Å². The number of thiophene rings is 1. The summed E-state index contributed by atoms with van der Waals surface area (Å²) in [4.78, 5) is 1.25. The molecule has 0 aliphatic carbocycles. The molecule has 1 atom stereocenters. The van der Waals surface area contributed by atoms with Crippen LogP contribution in [0.4, 0.5) is 0 Å². The maximum atomic E-state index is 6.65. The van der Waals surface area contributed by atoms with E-state index < -0.39 is 0 Å². The first-order valence-electron chi connectivity index (χ1n) is 5.70. The Morgan fingerprint density at radius 1 is 1.28 bits per heavy atom. The summed E-state index contributed by atoms with van der Waals surface area (Å²) in [5.74, 6) is 0. The summed E-state index contributed by atoms with van der Waals surface area (Å²) in [6, 6.07) is 6.37. The third kappa shape index (κ3) is 2.84. The van der Waals surface area contributed by atoms with Gasteiger partial charge in [0.1, 0.15) is 0 Å². The SMILES string of the molecule is CCc1ccsc1C(Cl)c1cc(Br)c(C)cc1Br. The van der Waals surface area contributed by atoms with Gasteiger partial charge in [-0.1, -0.05) is 38.8 Å². The van der Waals surface area contributed by atoms with Crippen molar-refractivity contribution in [3.05, 3.63) is 54.1 Å². The first-order chi connectivity index (χ1) is 8.54. The lowest BCUT2D eigenvalue weighted by atomic mass is 10.1. The average molecular weight is 409 g/mol. The van der Waals surface area contributed by atoms with Crippen molar-refractivity contribution in [1.29, 1.82) is 0 Å². The van der Waals surface area contributed by atoms with Gasteiger partial charge in [0.05, 0.1) is 5.38 Å². The van der Waals surface area contributed by atoms with E-state index in [-0.39, 0.29) is 5.38 Å². The summed E-state index contributed by atoms with van der Waals surface area (Å²) >= 11 is 15.6. The lowest BCUT2D eigenvalue weighted by molar-refractivity contribution is 1.07. The van der Waals surface area contributed by atoms with Gasteiger partial charge in [-0.2, -0.15) is 0 Å². The second-order valence-corrected chi connectivity index (χ2v) is 7.24. The molecule has 1 aromatic carbocycles. The van der Waals surface area contributed by atoms with E-state index in [1.807, 2.05) is 0 Å². The number of alkyl halides is 1. The molecule has 0 radical (unpaired) electrons. The van der Waals surface area contributed by atoms with Gasteiger partial charge in [0.15, 0.2) is 0 Å². The van der Waals surface area contributed by atoms with Crippen molar-refractivity contribution in [3.8, 4) is 0 Å². The summed E-state index contributed by atoms with van der Waals surface area (Å²) in [6.45, 7) is 4.24. The van der Waals surface area contributed by atoms with Gasteiger partial charge in [-0.3, -0.25) is 0 Å². The van der Waals surface area contributed by atoms with Crippen molar-refractivity contribution in [3.63, 3.8) is 0 Å². The summed E-state index contributed by atoms with van der Waals surface area (Å²) in [6.07, 6.45) is 1.02.